The van der Waals surface area contributed by atoms with Gasteiger partial charge in [0.25, 0.3) is 5.91 Å². The summed E-state index contributed by atoms with van der Waals surface area (Å²) in [7, 11) is 0. The van der Waals surface area contributed by atoms with Crippen LogP contribution in [0.4, 0.5) is 15.2 Å². The van der Waals surface area contributed by atoms with Gasteiger partial charge in [0.2, 0.25) is 0 Å². The molecule has 3 N–H and O–H groups in total. The van der Waals surface area contributed by atoms with E-state index in [-0.39, 0.29) is 13.3 Å². The lowest BCUT2D eigenvalue weighted by Crippen LogP contribution is -2.41. The standard InChI is InChI=1S/C29H30FN3O3S.CH4/c1-16(2)13-25(28(35)36)31-27(34)19-7-5-18(6-8-19)21-10-11-23(22(30)14-21)32-29-33-24-12-9-20(17(3)4)15-26(24)37-29;/h5-12,14-17,25H,13H2,1-4H3,(H,31,34)(H,32,33)(H,35,36);1H4/t25-;/m0./s1. The van der Waals surface area contributed by atoms with E-state index in [9.17, 15) is 19.1 Å². The van der Waals surface area contributed by atoms with Crippen LogP contribution in [0.25, 0.3) is 21.3 Å². The molecule has 38 heavy (non-hydrogen) atoms. The van der Waals surface area contributed by atoms with Crippen LogP contribution in [0, 0.1) is 11.7 Å². The number of carbonyl (C=O) groups excluding carboxylic acids is 1. The van der Waals surface area contributed by atoms with Crippen LogP contribution in [-0.4, -0.2) is 28.0 Å². The molecule has 0 unspecified atom stereocenters. The van der Waals surface area contributed by atoms with Crippen LogP contribution in [0.15, 0.2) is 60.7 Å². The van der Waals surface area contributed by atoms with Crippen LogP contribution in [0.2, 0.25) is 0 Å². The van der Waals surface area contributed by atoms with Gasteiger partial charge in [-0.2, -0.15) is 0 Å². The molecule has 0 spiro atoms. The SMILES string of the molecule is C.CC(C)C[C@H](NC(=O)c1ccc(-c2ccc(Nc3nc4ccc(C(C)C)cc4s3)c(F)c2)cc1)C(=O)O. The van der Waals surface area contributed by atoms with E-state index in [1.807, 2.05) is 19.9 Å². The van der Waals surface area contributed by atoms with E-state index in [1.165, 1.54) is 23.0 Å². The van der Waals surface area contributed by atoms with Crippen molar-refractivity contribution in [1.29, 1.82) is 0 Å². The molecule has 0 saturated heterocycles. The number of carbonyl (C=O) groups is 2. The molecular weight excluding hydrogens is 501 g/mol. The predicted octanol–water partition coefficient (Wildman–Crippen LogP) is 7.83. The van der Waals surface area contributed by atoms with Gasteiger partial charge in [0.15, 0.2) is 5.13 Å². The molecular formula is C30H34FN3O3S. The van der Waals surface area contributed by atoms with Crippen molar-refractivity contribution >= 4 is 44.2 Å². The molecule has 1 amide bonds. The Balaban J connectivity index is 0.00000400. The first-order valence-electron chi connectivity index (χ1n) is 12.2. The van der Waals surface area contributed by atoms with Gasteiger partial charge in [0.05, 0.1) is 15.9 Å². The fourth-order valence-corrected chi connectivity index (χ4v) is 4.94. The number of thiazole rings is 1. The Bertz CT molecular complexity index is 1430. The molecule has 1 aromatic heterocycles. The maximum Gasteiger partial charge on any atom is 0.326 e. The molecule has 0 aliphatic rings. The summed E-state index contributed by atoms with van der Waals surface area (Å²) in [5.41, 5.74) is 4.17. The summed E-state index contributed by atoms with van der Waals surface area (Å²) in [4.78, 5) is 28.5. The van der Waals surface area contributed by atoms with Gasteiger partial charge in [0.1, 0.15) is 11.9 Å². The zero-order valence-electron chi connectivity index (χ0n) is 21.2. The number of aliphatic carboxylic acids is 1. The quantitative estimate of drug-likeness (QED) is 0.203. The molecule has 8 heteroatoms. The maximum atomic E-state index is 15.0. The van der Waals surface area contributed by atoms with E-state index in [4.69, 9.17) is 0 Å². The van der Waals surface area contributed by atoms with E-state index < -0.39 is 23.7 Å². The summed E-state index contributed by atoms with van der Waals surface area (Å²) < 4.78 is 16.0. The van der Waals surface area contributed by atoms with Crippen molar-refractivity contribution < 1.29 is 19.1 Å². The van der Waals surface area contributed by atoms with Crippen molar-refractivity contribution in [3.05, 3.63) is 77.6 Å². The molecule has 0 aliphatic heterocycles. The molecule has 4 rings (SSSR count). The third kappa shape index (κ3) is 6.75. The van der Waals surface area contributed by atoms with Crippen molar-refractivity contribution in [3.63, 3.8) is 0 Å². The lowest BCUT2D eigenvalue weighted by Gasteiger charge is -2.16. The first-order valence-corrected chi connectivity index (χ1v) is 13.0. The summed E-state index contributed by atoms with van der Waals surface area (Å²) in [6.45, 7) is 8.09. The van der Waals surface area contributed by atoms with Gasteiger partial charge in [0, 0.05) is 5.56 Å². The van der Waals surface area contributed by atoms with E-state index in [2.05, 4.69) is 41.6 Å². The first-order chi connectivity index (χ1) is 17.6. The van der Waals surface area contributed by atoms with Crippen LogP contribution in [-0.2, 0) is 4.79 Å². The number of amides is 1. The van der Waals surface area contributed by atoms with Gasteiger partial charge in [-0.1, -0.05) is 70.7 Å². The van der Waals surface area contributed by atoms with Crippen LogP contribution >= 0.6 is 11.3 Å². The maximum absolute atomic E-state index is 15.0. The summed E-state index contributed by atoms with van der Waals surface area (Å²) in [6.07, 6.45) is 0.342. The summed E-state index contributed by atoms with van der Waals surface area (Å²) in [6, 6.07) is 16.8. The zero-order chi connectivity index (χ0) is 26.7. The molecule has 1 heterocycles. The highest BCUT2D eigenvalue weighted by Crippen LogP contribution is 2.32. The normalized spacial score (nSPS) is 11.9. The van der Waals surface area contributed by atoms with Crippen molar-refractivity contribution in [1.82, 2.24) is 10.3 Å². The van der Waals surface area contributed by atoms with Gasteiger partial charge < -0.3 is 15.7 Å². The van der Waals surface area contributed by atoms with E-state index in [0.717, 1.165) is 15.8 Å². The molecule has 0 saturated carbocycles. The van der Waals surface area contributed by atoms with Crippen molar-refractivity contribution in [3.8, 4) is 11.1 Å². The second-order valence-corrected chi connectivity index (χ2v) is 10.8. The van der Waals surface area contributed by atoms with E-state index >= 15 is 0 Å². The number of nitrogens with one attached hydrogen (secondary N) is 2. The summed E-state index contributed by atoms with van der Waals surface area (Å²) in [5.74, 6) is -1.39. The number of aromatic nitrogens is 1. The average Bonchev–Trinajstić information content (AvgIpc) is 3.26. The number of hydrogen-bond donors (Lipinski definition) is 3. The smallest absolute Gasteiger partial charge is 0.326 e. The Morgan fingerprint density at radius 3 is 2.26 bits per heavy atom. The fraction of sp³-hybridized carbons (Fsp3) is 0.300. The molecule has 200 valence electrons. The Labute approximate surface area is 226 Å². The molecule has 4 aromatic rings. The number of carboxylic acids is 1. The molecule has 0 bridgehead atoms. The van der Waals surface area contributed by atoms with Gasteiger partial charge in [-0.25, -0.2) is 14.2 Å². The van der Waals surface area contributed by atoms with Crippen LogP contribution in [0.3, 0.4) is 0 Å². The summed E-state index contributed by atoms with van der Waals surface area (Å²) in [5, 5.41) is 15.6. The molecule has 3 aromatic carbocycles. The predicted molar refractivity (Wildman–Crippen MR) is 154 cm³/mol. The van der Waals surface area contributed by atoms with Crippen molar-refractivity contribution in [2.24, 2.45) is 5.92 Å². The minimum atomic E-state index is -1.06. The number of fused-ring (bicyclic) bond motifs is 1. The van der Waals surface area contributed by atoms with Gasteiger partial charge in [-0.05, 0) is 71.3 Å². The lowest BCUT2D eigenvalue weighted by atomic mass is 10.0. The largest absolute Gasteiger partial charge is 0.480 e. The number of benzene rings is 3. The van der Waals surface area contributed by atoms with Gasteiger partial charge in [-0.15, -0.1) is 0 Å². The highest BCUT2D eigenvalue weighted by atomic mass is 32.1. The Morgan fingerprint density at radius 1 is 0.974 bits per heavy atom. The fourth-order valence-electron chi connectivity index (χ4n) is 4.01. The number of anilines is 2. The Hall–Kier alpha value is -3.78. The highest BCUT2D eigenvalue weighted by Gasteiger charge is 2.21. The zero-order valence-corrected chi connectivity index (χ0v) is 22.0. The molecule has 0 fully saturated rings. The minimum absolute atomic E-state index is 0. The van der Waals surface area contributed by atoms with Crippen molar-refractivity contribution in [2.45, 2.75) is 53.5 Å². The third-order valence-electron chi connectivity index (χ3n) is 6.08. The number of halogens is 1. The van der Waals surface area contributed by atoms with Crippen LogP contribution < -0.4 is 10.6 Å². The molecule has 0 aliphatic carbocycles. The van der Waals surface area contributed by atoms with E-state index in [0.29, 0.717) is 34.3 Å². The molecule has 0 radical (unpaired) electrons. The highest BCUT2D eigenvalue weighted by molar-refractivity contribution is 7.22. The number of rotatable bonds is 9. The van der Waals surface area contributed by atoms with E-state index in [1.54, 1.807) is 36.4 Å². The molecule has 6 nitrogen and oxygen atoms in total. The Morgan fingerprint density at radius 2 is 1.66 bits per heavy atom. The first kappa shape index (κ1) is 28.8. The van der Waals surface area contributed by atoms with Crippen LogP contribution in [0.5, 0.6) is 0 Å². The van der Waals surface area contributed by atoms with Crippen molar-refractivity contribution in [2.75, 3.05) is 5.32 Å². The Kier molecular flexibility index (Phi) is 9.22. The van der Waals surface area contributed by atoms with Crippen LogP contribution in [0.1, 0.15) is 63.4 Å². The number of carboxylic acid groups (broad SMARTS) is 1. The summed E-state index contributed by atoms with van der Waals surface area (Å²) >= 11 is 1.48. The average molecular weight is 536 g/mol. The van der Waals surface area contributed by atoms with Gasteiger partial charge in [-0.3, -0.25) is 4.79 Å². The minimum Gasteiger partial charge on any atom is -0.480 e. The topological polar surface area (TPSA) is 91.3 Å². The lowest BCUT2D eigenvalue weighted by molar-refractivity contribution is -0.139. The molecule has 1 atom stereocenters. The third-order valence-corrected chi connectivity index (χ3v) is 7.01. The second kappa shape index (κ2) is 12.2. The number of nitrogens with zero attached hydrogens (tertiary/aromatic N) is 1. The number of hydrogen-bond acceptors (Lipinski definition) is 5. The monoisotopic (exact) mass is 535 g/mol. The van der Waals surface area contributed by atoms with Gasteiger partial charge >= 0.3 is 5.97 Å². The second-order valence-electron chi connectivity index (χ2n) is 9.79.